The molecule has 9 nitrogen and oxygen atoms in total. The molecule has 0 radical (unpaired) electrons. The van der Waals surface area contributed by atoms with Crippen molar-refractivity contribution in [3.8, 4) is 5.88 Å². The molecule has 0 aliphatic heterocycles. The number of aromatic amines is 2. The molecule has 0 saturated heterocycles. The van der Waals surface area contributed by atoms with Gasteiger partial charge in [-0.15, -0.1) is 11.3 Å². The first-order chi connectivity index (χ1) is 13.4. The van der Waals surface area contributed by atoms with Crippen LogP contribution in [0.5, 0.6) is 5.88 Å². The van der Waals surface area contributed by atoms with E-state index in [1.54, 1.807) is 34.6 Å². The van der Waals surface area contributed by atoms with Gasteiger partial charge in [0.1, 0.15) is 26.6 Å². The fourth-order valence-electron chi connectivity index (χ4n) is 2.28. The zero-order chi connectivity index (χ0) is 21.9. The molecule has 0 amide bonds. The van der Waals surface area contributed by atoms with Crippen LogP contribution in [0.4, 0.5) is 5.00 Å². The lowest BCUT2D eigenvalue weighted by atomic mass is 10.1. The minimum absolute atomic E-state index is 0.0453. The Kier molecular flexibility index (Phi) is 6.75. The molecule has 0 unspecified atom stereocenters. The molecule has 0 aliphatic carbocycles. The molecule has 156 valence electrons. The zero-order valence-corrected chi connectivity index (χ0v) is 18.2. The van der Waals surface area contributed by atoms with Gasteiger partial charge in [0.15, 0.2) is 4.77 Å². The average Bonchev–Trinajstić information content (AvgIpc) is 2.89. The van der Waals surface area contributed by atoms with E-state index in [9.17, 15) is 19.5 Å². The molecule has 0 atom stereocenters. The third-order valence-electron chi connectivity index (χ3n) is 3.46. The molecule has 2 aromatic rings. The van der Waals surface area contributed by atoms with E-state index < -0.39 is 29.0 Å². The standard InChI is InChI=1S/C18H21N3O6S2/c1-6-26-15(24)10-8(2)11(16(25)27-18(3,4)5)29-14(10)19-7-9-12(22)20-17(28)21-13(9)23/h7H,6H2,1-5H3,(H3,20,21,22,23,28). The maximum absolute atomic E-state index is 12.5. The lowest BCUT2D eigenvalue weighted by molar-refractivity contribution is 0.00745. The number of esters is 2. The maximum atomic E-state index is 12.5. The van der Waals surface area contributed by atoms with Crippen molar-refractivity contribution in [2.24, 2.45) is 4.99 Å². The van der Waals surface area contributed by atoms with Crippen molar-refractivity contribution in [1.29, 1.82) is 0 Å². The van der Waals surface area contributed by atoms with Crippen LogP contribution < -0.4 is 5.56 Å². The molecule has 0 spiro atoms. The molecule has 2 rings (SSSR count). The minimum atomic E-state index is -0.720. The van der Waals surface area contributed by atoms with Gasteiger partial charge in [0.05, 0.1) is 6.61 Å². The summed E-state index contributed by atoms with van der Waals surface area (Å²) in [6.45, 7) is 8.57. The normalized spacial score (nSPS) is 11.6. The SMILES string of the molecule is CCOC(=O)c1c(N=Cc2c(O)[nH]c(=S)[nH]c2=O)sc(C(=O)OC(C)(C)C)c1C. The van der Waals surface area contributed by atoms with Gasteiger partial charge in [-0.2, -0.15) is 0 Å². The van der Waals surface area contributed by atoms with Gasteiger partial charge < -0.3 is 19.6 Å². The smallest absolute Gasteiger partial charge is 0.349 e. The Morgan fingerprint density at radius 2 is 1.93 bits per heavy atom. The van der Waals surface area contributed by atoms with Crippen LogP contribution in [0.15, 0.2) is 9.79 Å². The third kappa shape index (κ3) is 5.39. The van der Waals surface area contributed by atoms with Crippen LogP contribution in [-0.2, 0) is 9.47 Å². The molecule has 2 aromatic heterocycles. The summed E-state index contributed by atoms with van der Waals surface area (Å²) in [6.07, 6.45) is 1.08. The number of nitrogens with one attached hydrogen (secondary N) is 2. The van der Waals surface area contributed by atoms with Gasteiger partial charge in [-0.05, 0) is 52.4 Å². The van der Waals surface area contributed by atoms with Crippen molar-refractivity contribution in [3.05, 3.63) is 36.7 Å². The molecule has 0 aliphatic rings. The Bertz CT molecular complexity index is 1090. The molecule has 2 heterocycles. The average molecular weight is 440 g/mol. The van der Waals surface area contributed by atoms with Gasteiger partial charge in [0.2, 0.25) is 5.88 Å². The number of carbonyl (C=O) groups excluding carboxylic acids is 2. The Balaban J connectivity index is 2.57. The van der Waals surface area contributed by atoms with Crippen molar-refractivity contribution in [1.82, 2.24) is 9.97 Å². The quantitative estimate of drug-likeness (QED) is 0.369. The summed E-state index contributed by atoms with van der Waals surface area (Å²) in [7, 11) is 0. The second-order valence-corrected chi connectivity index (χ2v) is 8.29. The van der Waals surface area contributed by atoms with Gasteiger partial charge in [-0.1, -0.05) is 0 Å². The predicted molar refractivity (Wildman–Crippen MR) is 111 cm³/mol. The van der Waals surface area contributed by atoms with Gasteiger partial charge in [0.25, 0.3) is 5.56 Å². The van der Waals surface area contributed by atoms with Crippen LogP contribution in [0.3, 0.4) is 0 Å². The summed E-state index contributed by atoms with van der Waals surface area (Å²) in [5.74, 6) is -1.73. The fourth-order valence-corrected chi connectivity index (χ4v) is 3.49. The number of hydrogen-bond donors (Lipinski definition) is 3. The first-order valence-corrected chi connectivity index (χ1v) is 9.80. The van der Waals surface area contributed by atoms with Crippen LogP contribution in [0.1, 0.15) is 58.9 Å². The molecule has 29 heavy (non-hydrogen) atoms. The molecule has 0 saturated carbocycles. The molecule has 3 N–H and O–H groups in total. The van der Waals surface area contributed by atoms with Crippen molar-refractivity contribution in [3.63, 3.8) is 0 Å². The Morgan fingerprint density at radius 3 is 2.48 bits per heavy atom. The van der Waals surface area contributed by atoms with Crippen LogP contribution in [0, 0.1) is 11.7 Å². The Labute approximate surface area is 175 Å². The van der Waals surface area contributed by atoms with Gasteiger partial charge in [0, 0.05) is 6.21 Å². The van der Waals surface area contributed by atoms with Crippen LogP contribution in [0.2, 0.25) is 0 Å². The minimum Gasteiger partial charge on any atom is -0.494 e. The summed E-state index contributed by atoms with van der Waals surface area (Å²) in [5.41, 5.74) is -1.11. The summed E-state index contributed by atoms with van der Waals surface area (Å²) in [6, 6.07) is 0. The van der Waals surface area contributed by atoms with E-state index >= 15 is 0 Å². The molecular formula is C18H21N3O6S2. The van der Waals surface area contributed by atoms with Gasteiger partial charge in [-0.3, -0.25) is 9.78 Å². The van der Waals surface area contributed by atoms with Crippen LogP contribution in [-0.4, -0.2) is 45.4 Å². The number of hydrogen-bond acceptors (Lipinski definition) is 9. The van der Waals surface area contributed by atoms with Crippen molar-refractivity contribution in [2.45, 2.75) is 40.2 Å². The van der Waals surface area contributed by atoms with E-state index in [4.69, 9.17) is 21.7 Å². The van der Waals surface area contributed by atoms with E-state index in [0.717, 1.165) is 17.6 Å². The van der Waals surface area contributed by atoms with Crippen molar-refractivity contribution in [2.75, 3.05) is 6.61 Å². The number of thiophene rings is 1. The first kappa shape index (κ1) is 22.5. The maximum Gasteiger partial charge on any atom is 0.349 e. The molecular weight excluding hydrogens is 418 g/mol. The molecule has 11 heteroatoms. The van der Waals surface area contributed by atoms with E-state index in [0.29, 0.717) is 5.56 Å². The number of aromatic hydroxyl groups is 1. The highest BCUT2D eigenvalue weighted by atomic mass is 32.1. The third-order valence-corrected chi connectivity index (χ3v) is 4.85. The lowest BCUT2D eigenvalue weighted by Crippen LogP contribution is -2.23. The molecule has 0 aromatic carbocycles. The highest BCUT2D eigenvalue weighted by Gasteiger charge is 2.28. The summed E-state index contributed by atoms with van der Waals surface area (Å²) >= 11 is 5.70. The number of carbonyl (C=O) groups is 2. The first-order valence-electron chi connectivity index (χ1n) is 8.58. The highest BCUT2D eigenvalue weighted by Crippen LogP contribution is 2.37. The van der Waals surface area contributed by atoms with E-state index in [1.165, 1.54) is 0 Å². The summed E-state index contributed by atoms with van der Waals surface area (Å²) in [5, 5.41) is 10.0. The van der Waals surface area contributed by atoms with Crippen molar-refractivity contribution >= 4 is 46.7 Å². The zero-order valence-electron chi connectivity index (χ0n) is 16.5. The molecule has 0 bridgehead atoms. The number of ether oxygens (including phenoxy) is 2. The Morgan fingerprint density at radius 1 is 1.28 bits per heavy atom. The van der Waals surface area contributed by atoms with Crippen molar-refractivity contribution < 1.29 is 24.2 Å². The van der Waals surface area contributed by atoms with Gasteiger partial charge >= 0.3 is 11.9 Å². The predicted octanol–water partition coefficient (Wildman–Crippen LogP) is 3.39. The van der Waals surface area contributed by atoms with E-state index in [1.807, 2.05) is 0 Å². The number of nitrogens with zero attached hydrogens (tertiary/aromatic N) is 1. The number of H-pyrrole nitrogens is 2. The van der Waals surface area contributed by atoms with E-state index in [-0.39, 0.29) is 32.4 Å². The fraction of sp³-hybridized carbons (Fsp3) is 0.389. The summed E-state index contributed by atoms with van der Waals surface area (Å²) < 4.78 is 10.4. The number of aliphatic imine (C=N–C) groups is 1. The monoisotopic (exact) mass is 439 g/mol. The Hall–Kier alpha value is -2.79. The van der Waals surface area contributed by atoms with Gasteiger partial charge in [-0.25, -0.2) is 14.6 Å². The highest BCUT2D eigenvalue weighted by molar-refractivity contribution is 7.71. The number of rotatable bonds is 5. The second-order valence-electron chi connectivity index (χ2n) is 6.89. The second kappa shape index (κ2) is 8.70. The molecule has 0 fully saturated rings. The lowest BCUT2D eigenvalue weighted by Gasteiger charge is -2.19. The van der Waals surface area contributed by atoms with E-state index in [2.05, 4.69) is 15.0 Å². The summed E-state index contributed by atoms with van der Waals surface area (Å²) in [4.78, 5) is 46.0. The largest absolute Gasteiger partial charge is 0.494 e. The van der Waals surface area contributed by atoms with Crippen LogP contribution >= 0.6 is 23.6 Å². The van der Waals surface area contributed by atoms with Crippen LogP contribution in [0.25, 0.3) is 0 Å². The topological polar surface area (TPSA) is 134 Å². The number of aromatic nitrogens is 2.